The summed E-state index contributed by atoms with van der Waals surface area (Å²) in [5, 5.41) is 3.38. The SMILES string of the molecule is C1=C(c2nc(-c3ccccc3)cs2)CCCC1. The minimum atomic E-state index is 1.11. The van der Waals surface area contributed by atoms with Crippen molar-refractivity contribution in [1.29, 1.82) is 0 Å². The lowest BCUT2D eigenvalue weighted by Crippen LogP contribution is -1.91. The van der Waals surface area contributed by atoms with Gasteiger partial charge in [0.1, 0.15) is 5.01 Å². The number of allylic oxidation sites excluding steroid dienone is 2. The van der Waals surface area contributed by atoms with Gasteiger partial charge >= 0.3 is 0 Å². The largest absolute Gasteiger partial charge is 0.236 e. The quantitative estimate of drug-likeness (QED) is 0.738. The molecular weight excluding hydrogens is 226 g/mol. The van der Waals surface area contributed by atoms with E-state index in [0.29, 0.717) is 0 Å². The molecule has 0 saturated carbocycles. The first-order valence-electron chi connectivity index (χ1n) is 6.14. The van der Waals surface area contributed by atoms with Crippen LogP contribution in [0.3, 0.4) is 0 Å². The van der Waals surface area contributed by atoms with E-state index in [0.717, 1.165) is 5.69 Å². The van der Waals surface area contributed by atoms with Gasteiger partial charge in [-0.3, -0.25) is 0 Å². The van der Waals surface area contributed by atoms with Crippen molar-refractivity contribution in [3.8, 4) is 11.3 Å². The molecule has 2 aromatic rings. The van der Waals surface area contributed by atoms with E-state index in [1.54, 1.807) is 11.3 Å². The molecule has 0 unspecified atom stereocenters. The minimum Gasteiger partial charge on any atom is -0.236 e. The average Bonchev–Trinajstić information content (AvgIpc) is 2.90. The van der Waals surface area contributed by atoms with E-state index in [2.05, 4.69) is 35.7 Å². The van der Waals surface area contributed by atoms with E-state index in [1.807, 2.05) is 6.07 Å². The third-order valence-corrected chi connectivity index (χ3v) is 4.06. The van der Waals surface area contributed by atoms with Crippen LogP contribution in [0.1, 0.15) is 30.7 Å². The molecule has 1 aliphatic carbocycles. The summed E-state index contributed by atoms with van der Waals surface area (Å²) in [4.78, 5) is 4.75. The maximum absolute atomic E-state index is 4.75. The van der Waals surface area contributed by atoms with Crippen LogP contribution in [0.2, 0.25) is 0 Å². The molecular formula is C15H15NS. The Bertz CT molecular complexity index is 525. The summed E-state index contributed by atoms with van der Waals surface area (Å²) in [6.45, 7) is 0. The predicted octanol–water partition coefficient (Wildman–Crippen LogP) is 4.77. The van der Waals surface area contributed by atoms with Crippen LogP contribution in [0.15, 0.2) is 41.8 Å². The summed E-state index contributed by atoms with van der Waals surface area (Å²) in [6, 6.07) is 10.4. The van der Waals surface area contributed by atoms with Gasteiger partial charge < -0.3 is 0 Å². The van der Waals surface area contributed by atoms with E-state index in [4.69, 9.17) is 4.98 Å². The molecule has 3 rings (SSSR count). The number of hydrogen-bond donors (Lipinski definition) is 0. The molecule has 1 heterocycles. The van der Waals surface area contributed by atoms with Crippen molar-refractivity contribution in [2.24, 2.45) is 0 Å². The summed E-state index contributed by atoms with van der Waals surface area (Å²) in [5.41, 5.74) is 3.77. The standard InChI is InChI=1S/C15H15NS/c1-3-7-12(8-4-1)14-11-17-15(16-14)13-9-5-2-6-10-13/h1,3-4,7-9,11H,2,5-6,10H2. The first kappa shape index (κ1) is 10.7. The Hall–Kier alpha value is -1.41. The molecule has 0 bridgehead atoms. The van der Waals surface area contributed by atoms with E-state index >= 15 is 0 Å². The fourth-order valence-electron chi connectivity index (χ4n) is 2.20. The van der Waals surface area contributed by atoms with E-state index in [1.165, 1.54) is 41.8 Å². The molecule has 1 aromatic heterocycles. The van der Waals surface area contributed by atoms with E-state index in [9.17, 15) is 0 Å². The number of hydrogen-bond acceptors (Lipinski definition) is 2. The fraction of sp³-hybridized carbons (Fsp3) is 0.267. The van der Waals surface area contributed by atoms with Crippen molar-refractivity contribution in [3.63, 3.8) is 0 Å². The Labute approximate surface area is 106 Å². The van der Waals surface area contributed by atoms with Gasteiger partial charge in [-0.2, -0.15) is 0 Å². The second kappa shape index (κ2) is 4.84. The Morgan fingerprint density at radius 1 is 1.06 bits per heavy atom. The monoisotopic (exact) mass is 241 g/mol. The first-order valence-corrected chi connectivity index (χ1v) is 7.02. The lowest BCUT2D eigenvalue weighted by molar-refractivity contribution is 0.741. The van der Waals surface area contributed by atoms with Crippen molar-refractivity contribution in [2.45, 2.75) is 25.7 Å². The highest BCUT2D eigenvalue weighted by molar-refractivity contribution is 7.11. The molecule has 1 aromatic carbocycles. The van der Waals surface area contributed by atoms with Crippen molar-refractivity contribution in [2.75, 3.05) is 0 Å². The van der Waals surface area contributed by atoms with Crippen LogP contribution in [0, 0.1) is 0 Å². The Balaban J connectivity index is 1.90. The highest BCUT2D eigenvalue weighted by Crippen LogP contribution is 2.31. The van der Waals surface area contributed by atoms with Crippen LogP contribution in [0.25, 0.3) is 16.8 Å². The minimum absolute atomic E-state index is 1.11. The summed E-state index contributed by atoms with van der Waals surface area (Å²) in [5.74, 6) is 0. The summed E-state index contributed by atoms with van der Waals surface area (Å²) in [7, 11) is 0. The first-order chi connectivity index (χ1) is 8.43. The maximum Gasteiger partial charge on any atom is 0.119 e. The molecule has 0 N–H and O–H groups in total. The average molecular weight is 241 g/mol. The summed E-state index contributed by atoms with van der Waals surface area (Å²) >= 11 is 1.77. The van der Waals surface area contributed by atoms with Gasteiger partial charge in [-0.1, -0.05) is 36.4 Å². The molecule has 1 nitrogen and oxygen atoms in total. The molecule has 0 fully saturated rings. The van der Waals surface area contributed by atoms with Crippen molar-refractivity contribution < 1.29 is 0 Å². The van der Waals surface area contributed by atoms with Gasteiger partial charge in [-0.05, 0) is 31.3 Å². The van der Waals surface area contributed by atoms with Gasteiger partial charge in [-0.25, -0.2) is 4.98 Å². The predicted molar refractivity (Wildman–Crippen MR) is 74.0 cm³/mol. The van der Waals surface area contributed by atoms with Crippen LogP contribution in [0.5, 0.6) is 0 Å². The maximum atomic E-state index is 4.75. The molecule has 86 valence electrons. The van der Waals surface area contributed by atoms with Gasteiger partial charge in [0.05, 0.1) is 5.69 Å². The molecule has 0 spiro atoms. The zero-order chi connectivity index (χ0) is 11.5. The number of nitrogens with zero attached hydrogens (tertiary/aromatic N) is 1. The lowest BCUT2D eigenvalue weighted by Gasteiger charge is -2.09. The zero-order valence-electron chi connectivity index (χ0n) is 9.73. The number of benzene rings is 1. The van der Waals surface area contributed by atoms with Crippen LogP contribution in [-0.4, -0.2) is 4.98 Å². The second-order valence-electron chi connectivity index (χ2n) is 4.38. The Morgan fingerprint density at radius 2 is 1.94 bits per heavy atom. The molecule has 0 saturated heterocycles. The zero-order valence-corrected chi connectivity index (χ0v) is 10.5. The normalized spacial score (nSPS) is 15.6. The molecule has 0 amide bonds. The van der Waals surface area contributed by atoms with Crippen LogP contribution < -0.4 is 0 Å². The fourth-order valence-corrected chi connectivity index (χ4v) is 3.09. The number of thiazole rings is 1. The van der Waals surface area contributed by atoms with Crippen LogP contribution in [0.4, 0.5) is 0 Å². The van der Waals surface area contributed by atoms with E-state index < -0.39 is 0 Å². The molecule has 0 radical (unpaired) electrons. The number of rotatable bonds is 2. The molecule has 2 heteroatoms. The highest BCUT2D eigenvalue weighted by atomic mass is 32.1. The second-order valence-corrected chi connectivity index (χ2v) is 5.24. The summed E-state index contributed by atoms with van der Waals surface area (Å²) < 4.78 is 0. The van der Waals surface area contributed by atoms with Gasteiger partial charge in [0.2, 0.25) is 0 Å². The van der Waals surface area contributed by atoms with Gasteiger partial charge in [0.15, 0.2) is 0 Å². The van der Waals surface area contributed by atoms with Gasteiger partial charge in [0, 0.05) is 10.9 Å². The smallest absolute Gasteiger partial charge is 0.119 e. The molecule has 0 atom stereocenters. The lowest BCUT2D eigenvalue weighted by atomic mass is 10.0. The van der Waals surface area contributed by atoms with Crippen LogP contribution >= 0.6 is 11.3 Å². The molecule has 1 aliphatic rings. The van der Waals surface area contributed by atoms with Crippen molar-refractivity contribution in [3.05, 3.63) is 46.8 Å². The van der Waals surface area contributed by atoms with Crippen molar-refractivity contribution in [1.82, 2.24) is 4.98 Å². The van der Waals surface area contributed by atoms with E-state index in [-0.39, 0.29) is 0 Å². The van der Waals surface area contributed by atoms with Crippen LogP contribution in [-0.2, 0) is 0 Å². The topological polar surface area (TPSA) is 12.9 Å². The molecule has 17 heavy (non-hydrogen) atoms. The highest BCUT2D eigenvalue weighted by Gasteiger charge is 2.10. The summed E-state index contributed by atoms with van der Waals surface area (Å²) in [6.07, 6.45) is 7.42. The van der Waals surface area contributed by atoms with Crippen molar-refractivity contribution >= 4 is 16.9 Å². The third kappa shape index (κ3) is 2.32. The number of aromatic nitrogens is 1. The Morgan fingerprint density at radius 3 is 2.71 bits per heavy atom. The Kier molecular flexibility index (Phi) is 3.06. The molecule has 0 aliphatic heterocycles. The van der Waals surface area contributed by atoms with Gasteiger partial charge in [0.25, 0.3) is 0 Å². The van der Waals surface area contributed by atoms with Gasteiger partial charge in [-0.15, -0.1) is 11.3 Å². The third-order valence-electron chi connectivity index (χ3n) is 3.14.